The highest BCUT2D eigenvalue weighted by Gasteiger charge is 2.46. The molecule has 1 spiro atoms. The van der Waals surface area contributed by atoms with Crippen molar-refractivity contribution in [2.45, 2.75) is 69.4 Å². The fourth-order valence-corrected chi connectivity index (χ4v) is 6.16. The monoisotopic (exact) mass is 354 g/mol. The van der Waals surface area contributed by atoms with Gasteiger partial charge in [0.25, 0.3) is 0 Å². The molecule has 3 atom stereocenters. The number of hydrogen-bond donors (Lipinski definition) is 1. The van der Waals surface area contributed by atoms with Crippen LogP contribution in [0.15, 0.2) is 24.3 Å². The first-order chi connectivity index (χ1) is 12.7. The van der Waals surface area contributed by atoms with Gasteiger partial charge in [0.2, 0.25) is 0 Å². The Bertz CT molecular complexity index is 680. The van der Waals surface area contributed by atoms with Crippen LogP contribution in [0.1, 0.15) is 63.4 Å². The summed E-state index contributed by atoms with van der Waals surface area (Å²) in [5, 5.41) is 2.86. The molecule has 2 aliphatic carbocycles. The average molecular weight is 354 g/mol. The Morgan fingerprint density at radius 3 is 2.62 bits per heavy atom. The van der Waals surface area contributed by atoms with E-state index < -0.39 is 5.60 Å². The maximum atomic E-state index is 12.1. The van der Waals surface area contributed by atoms with E-state index in [-0.39, 0.29) is 6.09 Å². The van der Waals surface area contributed by atoms with Crippen LogP contribution < -0.4 is 5.32 Å². The summed E-state index contributed by atoms with van der Waals surface area (Å²) in [6, 6.07) is 8.90. The number of hydrogen-bond acceptors (Lipinski definition) is 3. The lowest BCUT2D eigenvalue weighted by atomic mass is 9.69. The fraction of sp³-hybridized carbons (Fsp3) is 0.682. The third kappa shape index (κ3) is 2.83. The Kier molecular flexibility index (Phi) is 4.19. The van der Waals surface area contributed by atoms with Crippen molar-refractivity contribution in [2.75, 3.05) is 18.4 Å². The summed E-state index contributed by atoms with van der Waals surface area (Å²) in [7, 11) is 0. The Hall–Kier alpha value is -1.55. The van der Waals surface area contributed by atoms with E-state index in [0.29, 0.717) is 0 Å². The van der Waals surface area contributed by atoms with Gasteiger partial charge in [-0.25, -0.2) is 4.79 Å². The predicted octanol–water partition coefficient (Wildman–Crippen LogP) is 4.90. The molecule has 1 N–H and O–H groups in total. The smallest absolute Gasteiger partial charge is 0.412 e. The van der Waals surface area contributed by atoms with Gasteiger partial charge in [-0.15, -0.1) is 0 Å². The van der Waals surface area contributed by atoms with Gasteiger partial charge in [-0.2, -0.15) is 0 Å². The molecule has 2 aliphatic heterocycles. The molecule has 1 amide bonds. The van der Waals surface area contributed by atoms with Gasteiger partial charge >= 0.3 is 6.09 Å². The average Bonchev–Trinajstić information content (AvgIpc) is 2.68. The second-order valence-corrected chi connectivity index (χ2v) is 8.86. The number of nitrogens with one attached hydrogen (secondary N) is 1. The molecule has 0 bridgehead atoms. The van der Waals surface area contributed by atoms with E-state index in [1.165, 1.54) is 44.9 Å². The highest BCUT2D eigenvalue weighted by Crippen LogP contribution is 2.46. The first kappa shape index (κ1) is 16.6. The quantitative estimate of drug-likeness (QED) is 0.780. The van der Waals surface area contributed by atoms with Crippen LogP contribution in [0.4, 0.5) is 10.5 Å². The van der Waals surface area contributed by atoms with Crippen LogP contribution in [-0.4, -0.2) is 30.1 Å². The molecule has 1 aromatic rings. The summed E-state index contributed by atoms with van der Waals surface area (Å²) in [5.41, 5.74) is 1.67. The number of carbonyl (C=O) groups excluding carboxylic acids is 1. The van der Waals surface area contributed by atoms with Gasteiger partial charge in [0.15, 0.2) is 0 Å². The number of piperidine rings is 1. The maximum Gasteiger partial charge on any atom is 0.412 e. The van der Waals surface area contributed by atoms with Crippen LogP contribution in [0.25, 0.3) is 0 Å². The van der Waals surface area contributed by atoms with Crippen molar-refractivity contribution in [3.05, 3.63) is 29.8 Å². The highest BCUT2D eigenvalue weighted by molar-refractivity contribution is 5.88. The van der Waals surface area contributed by atoms with Crippen LogP contribution in [0.3, 0.4) is 0 Å². The van der Waals surface area contributed by atoms with Gasteiger partial charge in [-0.3, -0.25) is 5.32 Å². The summed E-state index contributed by atoms with van der Waals surface area (Å²) in [6.07, 6.45) is 11.6. The second kappa shape index (κ2) is 6.56. The van der Waals surface area contributed by atoms with E-state index in [0.717, 1.165) is 55.1 Å². The SMILES string of the molecule is O=C1Nc2ccccc2C2(CCN(C3CCC4CCCCC4C3)CC2)O1. The van der Waals surface area contributed by atoms with Gasteiger partial charge in [-0.05, 0) is 37.2 Å². The fourth-order valence-electron chi connectivity index (χ4n) is 6.16. The van der Waals surface area contributed by atoms with E-state index in [1.807, 2.05) is 12.1 Å². The standard InChI is InChI=1S/C22H30N2O2/c25-21-23-20-8-4-3-7-19(20)22(26-21)11-13-24(14-12-22)18-10-9-16-5-1-2-6-17(16)15-18/h3-4,7-8,16-18H,1-2,5-6,9-15H2,(H,23,25). The molecule has 4 aliphatic rings. The van der Waals surface area contributed by atoms with Crippen molar-refractivity contribution in [1.29, 1.82) is 0 Å². The molecule has 1 saturated heterocycles. The minimum atomic E-state index is -0.419. The Labute approximate surface area is 156 Å². The molecule has 4 heteroatoms. The van der Waals surface area contributed by atoms with Crippen LogP contribution in [-0.2, 0) is 10.3 Å². The van der Waals surface area contributed by atoms with Gasteiger partial charge in [0.05, 0.1) is 5.69 Å². The number of nitrogens with zero attached hydrogens (tertiary/aromatic N) is 1. The van der Waals surface area contributed by atoms with Crippen LogP contribution in [0, 0.1) is 11.8 Å². The van der Waals surface area contributed by atoms with Gasteiger partial charge < -0.3 is 9.64 Å². The lowest BCUT2D eigenvalue weighted by Gasteiger charge is -2.49. The van der Waals surface area contributed by atoms with E-state index in [4.69, 9.17) is 4.74 Å². The number of likely N-dealkylation sites (tertiary alicyclic amines) is 1. The number of fused-ring (bicyclic) bond motifs is 3. The van der Waals surface area contributed by atoms with Crippen molar-refractivity contribution in [3.63, 3.8) is 0 Å². The lowest BCUT2D eigenvalue weighted by molar-refractivity contribution is -0.0539. The molecular formula is C22H30N2O2. The molecule has 2 saturated carbocycles. The molecule has 3 fully saturated rings. The first-order valence-corrected chi connectivity index (χ1v) is 10.6. The minimum Gasteiger partial charge on any atom is -0.438 e. The molecular weight excluding hydrogens is 324 g/mol. The van der Waals surface area contributed by atoms with Crippen LogP contribution in [0.2, 0.25) is 0 Å². The Morgan fingerprint density at radius 1 is 1.00 bits per heavy atom. The number of benzene rings is 1. The molecule has 1 aromatic carbocycles. The van der Waals surface area contributed by atoms with E-state index >= 15 is 0 Å². The normalized spacial score (nSPS) is 33.7. The third-order valence-corrected chi connectivity index (χ3v) is 7.58. The maximum absolute atomic E-state index is 12.1. The summed E-state index contributed by atoms with van der Waals surface area (Å²) in [6.45, 7) is 2.09. The van der Waals surface area contributed by atoms with Crippen LogP contribution in [0.5, 0.6) is 0 Å². The zero-order valence-corrected chi connectivity index (χ0v) is 15.6. The Morgan fingerprint density at radius 2 is 1.77 bits per heavy atom. The predicted molar refractivity (Wildman–Crippen MR) is 102 cm³/mol. The summed E-state index contributed by atoms with van der Waals surface area (Å²) >= 11 is 0. The third-order valence-electron chi connectivity index (χ3n) is 7.58. The topological polar surface area (TPSA) is 41.6 Å². The molecule has 0 radical (unpaired) electrons. The number of para-hydroxylation sites is 1. The molecule has 4 nitrogen and oxygen atoms in total. The van der Waals surface area contributed by atoms with Gasteiger partial charge in [0, 0.05) is 37.5 Å². The van der Waals surface area contributed by atoms with E-state index in [2.05, 4.69) is 22.3 Å². The van der Waals surface area contributed by atoms with Crippen molar-refractivity contribution in [1.82, 2.24) is 4.90 Å². The van der Waals surface area contributed by atoms with Crippen molar-refractivity contribution < 1.29 is 9.53 Å². The minimum absolute atomic E-state index is 0.292. The number of anilines is 1. The Balaban J connectivity index is 1.29. The van der Waals surface area contributed by atoms with E-state index in [9.17, 15) is 4.79 Å². The number of amides is 1. The van der Waals surface area contributed by atoms with E-state index in [1.54, 1.807) is 0 Å². The lowest BCUT2D eigenvalue weighted by Crippen LogP contribution is -2.52. The summed E-state index contributed by atoms with van der Waals surface area (Å²) < 4.78 is 5.89. The largest absolute Gasteiger partial charge is 0.438 e. The number of carbonyl (C=O) groups is 1. The first-order valence-electron chi connectivity index (χ1n) is 10.6. The van der Waals surface area contributed by atoms with Gasteiger partial charge in [0.1, 0.15) is 5.60 Å². The van der Waals surface area contributed by atoms with Crippen molar-refractivity contribution in [3.8, 4) is 0 Å². The molecule has 2 heterocycles. The second-order valence-electron chi connectivity index (χ2n) is 8.86. The van der Waals surface area contributed by atoms with Crippen molar-refractivity contribution >= 4 is 11.8 Å². The molecule has 3 unspecified atom stereocenters. The van der Waals surface area contributed by atoms with Crippen molar-refractivity contribution in [2.24, 2.45) is 11.8 Å². The summed E-state index contributed by atoms with van der Waals surface area (Å²) in [4.78, 5) is 14.8. The highest BCUT2D eigenvalue weighted by atomic mass is 16.6. The van der Waals surface area contributed by atoms with Crippen LogP contribution >= 0.6 is 0 Å². The summed E-state index contributed by atoms with van der Waals surface area (Å²) in [5.74, 6) is 1.98. The number of ether oxygens (including phenoxy) is 1. The molecule has 0 aromatic heterocycles. The zero-order chi connectivity index (χ0) is 17.6. The molecule has 26 heavy (non-hydrogen) atoms. The molecule has 140 valence electrons. The molecule has 5 rings (SSSR count). The number of rotatable bonds is 1. The van der Waals surface area contributed by atoms with Gasteiger partial charge in [-0.1, -0.05) is 43.9 Å². The zero-order valence-electron chi connectivity index (χ0n) is 15.6.